The smallest absolute Gasteiger partial charge is 0.0952 e. The summed E-state index contributed by atoms with van der Waals surface area (Å²) >= 11 is 0. The second-order valence-electron chi connectivity index (χ2n) is 6.54. The molecule has 0 fully saturated rings. The first-order valence-electron chi connectivity index (χ1n) is 7.84. The van der Waals surface area contributed by atoms with Crippen LogP contribution in [0.15, 0.2) is 24.3 Å². The fourth-order valence-electron chi connectivity index (χ4n) is 2.37. The minimum absolute atomic E-state index is 0.131. The second-order valence-corrected chi connectivity index (χ2v) is 6.54. The second kappa shape index (κ2) is 8.43. The molecule has 2 heteroatoms. The molecule has 0 spiro atoms. The third kappa shape index (κ3) is 6.53. The lowest BCUT2D eigenvalue weighted by Gasteiger charge is -2.25. The van der Waals surface area contributed by atoms with E-state index in [0.29, 0.717) is 12.0 Å². The van der Waals surface area contributed by atoms with Crippen molar-refractivity contribution in [3.05, 3.63) is 35.4 Å². The summed E-state index contributed by atoms with van der Waals surface area (Å²) in [5.41, 5.74) is 2.55. The molecule has 1 aromatic carbocycles. The molecule has 1 rings (SSSR count). The van der Waals surface area contributed by atoms with E-state index in [1.807, 2.05) is 0 Å². The molecule has 0 bridgehead atoms. The van der Waals surface area contributed by atoms with Gasteiger partial charge in [-0.05, 0) is 31.7 Å². The van der Waals surface area contributed by atoms with Crippen molar-refractivity contribution in [1.29, 1.82) is 0 Å². The van der Waals surface area contributed by atoms with Crippen LogP contribution in [0, 0.1) is 12.8 Å². The number of hydrogen-bond donors (Lipinski definition) is 1. The zero-order chi connectivity index (χ0) is 15.1. The van der Waals surface area contributed by atoms with E-state index in [2.05, 4.69) is 71.1 Å². The summed E-state index contributed by atoms with van der Waals surface area (Å²) < 4.78 is 6.28. The lowest BCUT2D eigenvalue weighted by molar-refractivity contribution is -0.0134. The number of ether oxygens (including phenoxy) is 1. The Morgan fingerprint density at radius 2 is 1.60 bits per heavy atom. The van der Waals surface area contributed by atoms with E-state index in [9.17, 15) is 0 Å². The van der Waals surface area contributed by atoms with Crippen LogP contribution in [-0.4, -0.2) is 18.7 Å². The summed E-state index contributed by atoms with van der Waals surface area (Å²) in [7, 11) is 0. The normalized spacial score (nSPS) is 14.8. The van der Waals surface area contributed by atoms with Gasteiger partial charge in [0, 0.05) is 12.6 Å². The molecule has 0 aliphatic rings. The maximum Gasteiger partial charge on any atom is 0.0952 e. The molecule has 0 saturated carbocycles. The minimum Gasteiger partial charge on any atom is -0.369 e. The van der Waals surface area contributed by atoms with Crippen molar-refractivity contribution < 1.29 is 4.74 Å². The fraction of sp³-hybridized carbons (Fsp3) is 0.667. The van der Waals surface area contributed by atoms with E-state index in [1.54, 1.807) is 0 Å². The molecule has 0 heterocycles. The Hall–Kier alpha value is -0.860. The lowest BCUT2D eigenvalue weighted by Crippen LogP contribution is -2.31. The topological polar surface area (TPSA) is 21.3 Å². The van der Waals surface area contributed by atoms with Crippen molar-refractivity contribution >= 4 is 0 Å². The van der Waals surface area contributed by atoms with Crippen molar-refractivity contribution in [1.82, 2.24) is 5.32 Å². The van der Waals surface area contributed by atoms with Gasteiger partial charge in [-0.25, -0.2) is 0 Å². The predicted octanol–water partition coefficient (Wildman–Crippen LogP) is 4.49. The molecule has 0 aliphatic carbocycles. The highest BCUT2D eigenvalue weighted by molar-refractivity contribution is 5.23. The van der Waals surface area contributed by atoms with E-state index in [0.717, 1.165) is 13.0 Å². The van der Waals surface area contributed by atoms with Crippen molar-refractivity contribution in [2.75, 3.05) is 6.54 Å². The summed E-state index contributed by atoms with van der Waals surface area (Å²) in [6.07, 6.45) is 1.52. The van der Waals surface area contributed by atoms with Gasteiger partial charge in [0.05, 0.1) is 12.2 Å². The zero-order valence-corrected chi connectivity index (χ0v) is 13.9. The van der Waals surface area contributed by atoms with Gasteiger partial charge in [0.1, 0.15) is 0 Å². The maximum atomic E-state index is 6.28. The van der Waals surface area contributed by atoms with Gasteiger partial charge in [-0.15, -0.1) is 0 Å². The van der Waals surface area contributed by atoms with Crippen LogP contribution in [-0.2, 0) is 4.74 Å². The molecule has 1 N–H and O–H groups in total. The first kappa shape index (κ1) is 17.2. The Morgan fingerprint density at radius 1 is 1.00 bits per heavy atom. The Balaban J connectivity index is 2.71. The molecule has 2 unspecified atom stereocenters. The number of rotatable bonds is 8. The van der Waals surface area contributed by atoms with Crippen LogP contribution >= 0.6 is 0 Å². The van der Waals surface area contributed by atoms with E-state index in [4.69, 9.17) is 4.74 Å². The van der Waals surface area contributed by atoms with Crippen LogP contribution in [0.25, 0.3) is 0 Å². The van der Waals surface area contributed by atoms with Crippen molar-refractivity contribution in [2.24, 2.45) is 5.92 Å². The van der Waals surface area contributed by atoms with Crippen LogP contribution < -0.4 is 5.32 Å². The van der Waals surface area contributed by atoms with Crippen LogP contribution in [0.2, 0.25) is 0 Å². The van der Waals surface area contributed by atoms with Crippen molar-refractivity contribution in [3.63, 3.8) is 0 Å². The average Bonchev–Trinajstić information content (AvgIpc) is 2.34. The van der Waals surface area contributed by atoms with Crippen molar-refractivity contribution in [2.45, 2.75) is 66.2 Å². The molecular weight excluding hydrogens is 246 g/mol. The van der Waals surface area contributed by atoms with Crippen molar-refractivity contribution in [3.8, 4) is 0 Å². The SMILES string of the molecule is Cc1ccc(C(CNC(C)C)OC(C)CC(C)C)cc1. The Kier molecular flexibility index (Phi) is 7.25. The van der Waals surface area contributed by atoms with Crippen LogP contribution in [0.1, 0.15) is 58.3 Å². The molecule has 2 atom stereocenters. The monoisotopic (exact) mass is 277 g/mol. The highest BCUT2D eigenvalue weighted by Gasteiger charge is 2.16. The molecule has 0 aliphatic heterocycles. The molecule has 0 radical (unpaired) electrons. The molecule has 2 nitrogen and oxygen atoms in total. The summed E-state index contributed by atoms with van der Waals surface area (Å²) in [5.74, 6) is 0.668. The largest absolute Gasteiger partial charge is 0.369 e. The van der Waals surface area contributed by atoms with Gasteiger partial charge in [0.25, 0.3) is 0 Å². The minimum atomic E-state index is 0.131. The molecule has 20 heavy (non-hydrogen) atoms. The summed E-state index contributed by atoms with van der Waals surface area (Å²) in [5, 5.41) is 3.49. The van der Waals surface area contributed by atoms with E-state index < -0.39 is 0 Å². The Morgan fingerprint density at radius 3 is 2.10 bits per heavy atom. The highest BCUT2D eigenvalue weighted by atomic mass is 16.5. The van der Waals surface area contributed by atoms with Gasteiger partial charge in [-0.1, -0.05) is 57.5 Å². The molecule has 0 saturated heterocycles. The maximum absolute atomic E-state index is 6.28. The summed E-state index contributed by atoms with van der Waals surface area (Å²) in [6.45, 7) is 14.0. The van der Waals surface area contributed by atoms with Crippen LogP contribution in [0.5, 0.6) is 0 Å². The van der Waals surface area contributed by atoms with Crippen LogP contribution in [0.3, 0.4) is 0 Å². The lowest BCUT2D eigenvalue weighted by atomic mass is 10.0. The van der Waals surface area contributed by atoms with Gasteiger partial charge in [0.2, 0.25) is 0 Å². The molecule has 0 aromatic heterocycles. The highest BCUT2D eigenvalue weighted by Crippen LogP contribution is 2.22. The predicted molar refractivity (Wildman–Crippen MR) is 87.1 cm³/mol. The van der Waals surface area contributed by atoms with Gasteiger partial charge < -0.3 is 10.1 Å². The van der Waals surface area contributed by atoms with Gasteiger partial charge >= 0.3 is 0 Å². The first-order chi connectivity index (χ1) is 9.38. The van der Waals surface area contributed by atoms with Gasteiger partial charge in [0.15, 0.2) is 0 Å². The van der Waals surface area contributed by atoms with E-state index in [-0.39, 0.29) is 12.2 Å². The van der Waals surface area contributed by atoms with Crippen LogP contribution in [0.4, 0.5) is 0 Å². The summed E-state index contributed by atoms with van der Waals surface area (Å²) in [6, 6.07) is 9.17. The standard InChI is InChI=1S/C18H31NO/c1-13(2)11-16(6)20-18(12-19-14(3)4)17-9-7-15(5)8-10-17/h7-10,13-14,16,18-19H,11-12H2,1-6H3. The average molecular weight is 277 g/mol. The van der Waals surface area contributed by atoms with E-state index >= 15 is 0 Å². The fourth-order valence-corrected chi connectivity index (χ4v) is 2.37. The number of nitrogens with one attached hydrogen (secondary N) is 1. The molecular formula is C18H31NO. The Labute approximate surface area is 124 Å². The number of benzene rings is 1. The number of hydrogen-bond acceptors (Lipinski definition) is 2. The van der Waals surface area contributed by atoms with Gasteiger partial charge in [-0.3, -0.25) is 0 Å². The zero-order valence-electron chi connectivity index (χ0n) is 13.9. The third-order valence-corrected chi connectivity index (χ3v) is 3.36. The molecule has 1 aromatic rings. The summed E-state index contributed by atoms with van der Waals surface area (Å²) in [4.78, 5) is 0. The molecule has 0 amide bonds. The third-order valence-electron chi connectivity index (χ3n) is 3.36. The first-order valence-corrected chi connectivity index (χ1v) is 7.84. The van der Waals surface area contributed by atoms with E-state index in [1.165, 1.54) is 11.1 Å². The Bertz CT molecular complexity index is 370. The quantitative estimate of drug-likeness (QED) is 0.756. The molecule has 114 valence electrons. The van der Waals surface area contributed by atoms with Gasteiger partial charge in [-0.2, -0.15) is 0 Å². The number of aryl methyl sites for hydroxylation is 1.